The maximum absolute atomic E-state index is 13.0. The van der Waals surface area contributed by atoms with Crippen molar-refractivity contribution in [3.8, 4) is 6.07 Å². The van der Waals surface area contributed by atoms with Crippen molar-refractivity contribution < 1.29 is 14.0 Å². The molecule has 0 bridgehead atoms. The lowest BCUT2D eigenvalue weighted by molar-refractivity contribution is -0.123. The van der Waals surface area contributed by atoms with Gasteiger partial charge >= 0.3 is 0 Å². The molecule has 0 unspecified atom stereocenters. The molecule has 0 heterocycles. The van der Waals surface area contributed by atoms with Crippen LogP contribution in [-0.2, 0) is 4.79 Å². The van der Waals surface area contributed by atoms with Gasteiger partial charge in [0.2, 0.25) is 5.91 Å². The Morgan fingerprint density at radius 1 is 1.00 bits per heavy atom. The first-order valence-electron chi connectivity index (χ1n) is 11.1. The monoisotopic (exact) mass is 436 g/mol. The van der Waals surface area contributed by atoms with E-state index in [-0.39, 0.29) is 17.6 Å². The van der Waals surface area contributed by atoms with Crippen LogP contribution in [0.5, 0.6) is 0 Å². The van der Waals surface area contributed by atoms with E-state index in [1.807, 2.05) is 6.07 Å². The third-order valence-corrected chi connectivity index (χ3v) is 5.79. The average molecular weight is 437 g/mol. The second-order valence-electron chi connectivity index (χ2n) is 8.18. The zero-order chi connectivity index (χ0) is 22.8. The van der Waals surface area contributed by atoms with Crippen LogP contribution in [0.25, 0.3) is 0 Å². The fourth-order valence-electron chi connectivity index (χ4n) is 4.01. The molecule has 0 aliphatic heterocycles. The van der Waals surface area contributed by atoms with Crippen molar-refractivity contribution in [3.63, 3.8) is 0 Å². The highest BCUT2D eigenvalue weighted by atomic mass is 19.1. The van der Waals surface area contributed by atoms with E-state index in [0.717, 1.165) is 31.4 Å². The second kappa shape index (κ2) is 11.8. The molecular formula is C25H29FN4O2. The molecule has 2 aromatic rings. The minimum Gasteiger partial charge on any atom is -0.383 e. The Labute approximate surface area is 188 Å². The van der Waals surface area contributed by atoms with Crippen LogP contribution in [0.15, 0.2) is 48.5 Å². The fraction of sp³-hybridized carbons (Fsp3) is 0.400. The zero-order valence-electron chi connectivity index (χ0n) is 18.1. The van der Waals surface area contributed by atoms with E-state index >= 15 is 0 Å². The Morgan fingerprint density at radius 2 is 1.69 bits per heavy atom. The first-order chi connectivity index (χ1) is 15.5. The van der Waals surface area contributed by atoms with Crippen molar-refractivity contribution in [1.29, 1.82) is 5.26 Å². The van der Waals surface area contributed by atoms with Gasteiger partial charge in [0.15, 0.2) is 0 Å². The number of amides is 2. The SMILES string of the molecule is N#Cc1ccc(C(=O)N[C@@H](CC2CCCCC2)C(=O)NCCNc2ccc(F)cc2)cc1. The van der Waals surface area contributed by atoms with E-state index in [0.29, 0.717) is 36.6 Å². The Kier molecular flexibility index (Phi) is 8.61. The van der Waals surface area contributed by atoms with Crippen molar-refractivity contribution in [2.24, 2.45) is 5.92 Å². The molecule has 168 valence electrons. The van der Waals surface area contributed by atoms with Crippen LogP contribution in [0.2, 0.25) is 0 Å². The first kappa shape index (κ1) is 23.3. The van der Waals surface area contributed by atoms with Gasteiger partial charge in [-0.25, -0.2) is 4.39 Å². The largest absolute Gasteiger partial charge is 0.383 e. The van der Waals surface area contributed by atoms with Crippen LogP contribution >= 0.6 is 0 Å². The molecule has 0 aromatic heterocycles. The van der Waals surface area contributed by atoms with Gasteiger partial charge in [-0.3, -0.25) is 9.59 Å². The summed E-state index contributed by atoms with van der Waals surface area (Å²) >= 11 is 0. The lowest BCUT2D eigenvalue weighted by Crippen LogP contribution is -2.48. The maximum Gasteiger partial charge on any atom is 0.251 e. The van der Waals surface area contributed by atoms with Gasteiger partial charge in [-0.1, -0.05) is 32.1 Å². The minimum absolute atomic E-state index is 0.210. The van der Waals surface area contributed by atoms with Gasteiger partial charge in [-0.15, -0.1) is 0 Å². The van der Waals surface area contributed by atoms with Gasteiger partial charge in [0.1, 0.15) is 11.9 Å². The summed E-state index contributed by atoms with van der Waals surface area (Å²) in [5.74, 6) is -0.418. The fourth-order valence-corrected chi connectivity index (χ4v) is 4.01. The summed E-state index contributed by atoms with van der Waals surface area (Å²) in [5.41, 5.74) is 1.67. The minimum atomic E-state index is -0.618. The molecule has 3 N–H and O–H groups in total. The van der Waals surface area contributed by atoms with Gasteiger partial charge in [0.05, 0.1) is 11.6 Å². The first-order valence-corrected chi connectivity index (χ1v) is 11.1. The van der Waals surface area contributed by atoms with Gasteiger partial charge in [0.25, 0.3) is 5.91 Å². The standard InChI is InChI=1S/C25H29FN4O2/c26-21-10-12-22(13-11-21)28-14-15-29-25(32)23(16-18-4-2-1-3-5-18)30-24(31)20-8-6-19(17-27)7-9-20/h6-13,18,23,28H,1-5,14-16H2,(H,29,32)(H,30,31)/t23-/m0/s1. The summed E-state index contributed by atoms with van der Waals surface area (Å²) in [6, 6.07) is 13.8. The van der Waals surface area contributed by atoms with Gasteiger partial charge in [-0.2, -0.15) is 5.26 Å². The highest BCUT2D eigenvalue weighted by Gasteiger charge is 2.26. The third kappa shape index (κ3) is 7.09. The normalized spacial score (nSPS) is 14.8. The lowest BCUT2D eigenvalue weighted by Gasteiger charge is -2.26. The molecule has 7 heteroatoms. The molecule has 0 saturated heterocycles. The number of rotatable bonds is 9. The Morgan fingerprint density at radius 3 is 2.34 bits per heavy atom. The summed E-state index contributed by atoms with van der Waals surface area (Å²) in [6.07, 6.45) is 6.29. The number of carbonyl (C=O) groups excluding carboxylic acids is 2. The van der Waals surface area contributed by atoms with Crippen LogP contribution in [0.1, 0.15) is 54.4 Å². The summed E-state index contributed by atoms with van der Waals surface area (Å²) < 4.78 is 13.0. The van der Waals surface area contributed by atoms with Crippen LogP contribution in [0.4, 0.5) is 10.1 Å². The Balaban J connectivity index is 1.56. The lowest BCUT2D eigenvalue weighted by atomic mass is 9.84. The van der Waals surface area contributed by atoms with Crippen molar-refractivity contribution in [2.75, 3.05) is 18.4 Å². The van der Waals surface area contributed by atoms with Crippen molar-refractivity contribution in [1.82, 2.24) is 10.6 Å². The molecule has 2 amide bonds. The number of benzene rings is 2. The summed E-state index contributed by atoms with van der Waals surface area (Å²) in [5, 5.41) is 17.8. The van der Waals surface area contributed by atoms with E-state index in [1.165, 1.54) is 18.6 Å². The second-order valence-corrected chi connectivity index (χ2v) is 8.18. The highest BCUT2D eigenvalue weighted by Crippen LogP contribution is 2.27. The summed E-state index contributed by atoms with van der Waals surface area (Å²) in [7, 11) is 0. The number of nitrogens with one attached hydrogen (secondary N) is 3. The maximum atomic E-state index is 13.0. The molecule has 0 spiro atoms. The molecule has 1 fully saturated rings. The zero-order valence-corrected chi connectivity index (χ0v) is 18.1. The van der Waals surface area contributed by atoms with Crippen LogP contribution < -0.4 is 16.0 Å². The van der Waals surface area contributed by atoms with Gasteiger partial charge in [-0.05, 0) is 60.9 Å². The van der Waals surface area contributed by atoms with Crippen LogP contribution in [0.3, 0.4) is 0 Å². The van der Waals surface area contributed by atoms with Crippen molar-refractivity contribution in [2.45, 2.75) is 44.6 Å². The number of halogens is 1. The number of hydrogen-bond acceptors (Lipinski definition) is 4. The van der Waals surface area contributed by atoms with E-state index in [9.17, 15) is 14.0 Å². The molecule has 0 radical (unpaired) electrons. The third-order valence-electron chi connectivity index (χ3n) is 5.79. The number of nitriles is 1. The van der Waals surface area contributed by atoms with Gasteiger partial charge in [0, 0.05) is 24.3 Å². The Hall–Kier alpha value is -3.40. The molecular weight excluding hydrogens is 407 g/mol. The van der Waals surface area contributed by atoms with E-state index < -0.39 is 6.04 Å². The van der Waals surface area contributed by atoms with E-state index in [2.05, 4.69) is 16.0 Å². The topological polar surface area (TPSA) is 94.0 Å². The predicted octanol–water partition coefficient (Wildman–Crippen LogP) is 3.99. The molecule has 1 aliphatic carbocycles. The van der Waals surface area contributed by atoms with Crippen molar-refractivity contribution in [3.05, 3.63) is 65.5 Å². The van der Waals surface area contributed by atoms with Gasteiger partial charge < -0.3 is 16.0 Å². The van der Waals surface area contributed by atoms with Crippen LogP contribution in [-0.4, -0.2) is 30.9 Å². The van der Waals surface area contributed by atoms with Crippen LogP contribution in [0, 0.1) is 23.1 Å². The number of hydrogen-bond donors (Lipinski definition) is 3. The number of carbonyl (C=O) groups is 2. The van der Waals surface area contributed by atoms with E-state index in [1.54, 1.807) is 36.4 Å². The molecule has 1 aliphatic rings. The van der Waals surface area contributed by atoms with Crippen molar-refractivity contribution >= 4 is 17.5 Å². The highest BCUT2D eigenvalue weighted by molar-refractivity contribution is 5.97. The predicted molar refractivity (Wildman–Crippen MR) is 122 cm³/mol. The molecule has 3 rings (SSSR count). The number of nitrogens with zero attached hydrogens (tertiary/aromatic N) is 1. The quantitative estimate of drug-likeness (QED) is 0.518. The number of anilines is 1. The molecule has 1 saturated carbocycles. The molecule has 1 atom stereocenters. The van der Waals surface area contributed by atoms with E-state index in [4.69, 9.17) is 5.26 Å². The summed E-state index contributed by atoms with van der Waals surface area (Å²) in [6.45, 7) is 0.862. The average Bonchev–Trinajstić information content (AvgIpc) is 2.83. The molecule has 32 heavy (non-hydrogen) atoms. The summed E-state index contributed by atoms with van der Waals surface area (Å²) in [4.78, 5) is 25.6. The Bertz CT molecular complexity index is 932. The molecule has 6 nitrogen and oxygen atoms in total. The molecule has 2 aromatic carbocycles. The smallest absolute Gasteiger partial charge is 0.251 e.